The zero-order valence-electron chi connectivity index (χ0n) is 10.9. The highest BCUT2D eigenvalue weighted by atomic mass is 16.5. The second kappa shape index (κ2) is 5.65. The Labute approximate surface area is 107 Å². The van der Waals surface area contributed by atoms with Crippen LogP contribution in [0.25, 0.3) is 0 Å². The first-order valence-corrected chi connectivity index (χ1v) is 6.20. The monoisotopic (exact) mass is 252 g/mol. The van der Waals surface area contributed by atoms with Gasteiger partial charge in [0.05, 0.1) is 32.5 Å². The minimum atomic E-state index is -0.0854. The number of rotatable bonds is 3. The lowest BCUT2D eigenvalue weighted by Crippen LogP contribution is -2.48. The van der Waals surface area contributed by atoms with E-state index in [1.807, 2.05) is 24.8 Å². The topological polar surface area (TPSA) is 65.8 Å². The SMILES string of the molecule is Cc1cc(C)c(CO)c(N2CCOCC2CO)n1. The Morgan fingerprint density at radius 2 is 2.22 bits per heavy atom. The predicted molar refractivity (Wildman–Crippen MR) is 68.7 cm³/mol. The Hall–Kier alpha value is -1.17. The van der Waals surface area contributed by atoms with Gasteiger partial charge >= 0.3 is 0 Å². The summed E-state index contributed by atoms with van der Waals surface area (Å²) in [4.78, 5) is 6.56. The smallest absolute Gasteiger partial charge is 0.135 e. The molecule has 0 bridgehead atoms. The van der Waals surface area contributed by atoms with Crippen molar-refractivity contribution in [2.75, 3.05) is 31.3 Å². The zero-order valence-corrected chi connectivity index (χ0v) is 10.9. The van der Waals surface area contributed by atoms with Gasteiger partial charge in [0.1, 0.15) is 5.82 Å². The van der Waals surface area contributed by atoms with Crippen molar-refractivity contribution in [2.24, 2.45) is 0 Å². The molecule has 1 aromatic rings. The fourth-order valence-corrected chi connectivity index (χ4v) is 2.36. The van der Waals surface area contributed by atoms with E-state index < -0.39 is 0 Å². The maximum atomic E-state index is 9.52. The molecule has 0 amide bonds. The fraction of sp³-hybridized carbons (Fsp3) is 0.615. The van der Waals surface area contributed by atoms with Gasteiger partial charge < -0.3 is 19.8 Å². The summed E-state index contributed by atoms with van der Waals surface area (Å²) in [7, 11) is 0. The number of hydrogen-bond acceptors (Lipinski definition) is 5. The summed E-state index contributed by atoms with van der Waals surface area (Å²) in [5.74, 6) is 0.775. The van der Waals surface area contributed by atoms with Crippen LogP contribution in [0, 0.1) is 13.8 Å². The summed E-state index contributed by atoms with van der Waals surface area (Å²) in [6.07, 6.45) is 0. The third kappa shape index (κ3) is 2.48. The van der Waals surface area contributed by atoms with Gasteiger partial charge in [-0.2, -0.15) is 0 Å². The van der Waals surface area contributed by atoms with E-state index in [2.05, 4.69) is 4.98 Å². The van der Waals surface area contributed by atoms with Crippen molar-refractivity contribution < 1.29 is 14.9 Å². The largest absolute Gasteiger partial charge is 0.394 e. The van der Waals surface area contributed by atoms with E-state index in [4.69, 9.17) is 4.74 Å². The lowest BCUT2D eigenvalue weighted by molar-refractivity contribution is 0.0720. The molecule has 100 valence electrons. The summed E-state index contributed by atoms with van der Waals surface area (Å²) < 4.78 is 5.37. The molecule has 1 aliphatic rings. The number of anilines is 1. The molecule has 2 heterocycles. The van der Waals surface area contributed by atoms with Crippen LogP contribution in [0.15, 0.2) is 6.07 Å². The van der Waals surface area contributed by atoms with Crippen LogP contribution in [0.5, 0.6) is 0 Å². The van der Waals surface area contributed by atoms with E-state index in [1.54, 1.807) is 0 Å². The van der Waals surface area contributed by atoms with Gasteiger partial charge in [0.25, 0.3) is 0 Å². The summed E-state index contributed by atoms with van der Waals surface area (Å²) in [5, 5.41) is 18.9. The maximum Gasteiger partial charge on any atom is 0.135 e. The first-order valence-electron chi connectivity index (χ1n) is 6.20. The van der Waals surface area contributed by atoms with Crippen LogP contribution in [0.1, 0.15) is 16.8 Å². The second-order valence-corrected chi connectivity index (χ2v) is 4.65. The average molecular weight is 252 g/mol. The number of morpholine rings is 1. The molecule has 1 fully saturated rings. The molecular formula is C13H20N2O3. The summed E-state index contributed by atoms with van der Waals surface area (Å²) in [6.45, 7) is 5.70. The molecule has 0 saturated carbocycles. The van der Waals surface area contributed by atoms with Crippen LogP contribution < -0.4 is 4.90 Å². The second-order valence-electron chi connectivity index (χ2n) is 4.65. The molecule has 1 aromatic heterocycles. The number of nitrogens with zero attached hydrogens (tertiary/aromatic N) is 2. The van der Waals surface area contributed by atoms with Gasteiger partial charge in [-0.25, -0.2) is 4.98 Å². The van der Waals surface area contributed by atoms with Crippen LogP contribution in [-0.4, -0.2) is 47.6 Å². The molecule has 0 aliphatic carbocycles. The van der Waals surface area contributed by atoms with Crippen molar-refractivity contribution in [1.29, 1.82) is 0 Å². The summed E-state index contributed by atoms with van der Waals surface area (Å²) in [6, 6.07) is 1.88. The van der Waals surface area contributed by atoms with Gasteiger partial charge in [-0.3, -0.25) is 0 Å². The van der Waals surface area contributed by atoms with E-state index in [-0.39, 0.29) is 19.3 Å². The van der Waals surface area contributed by atoms with Crippen LogP contribution in [-0.2, 0) is 11.3 Å². The summed E-state index contributed by atoms with van der Waals surface area (Å²) >= 11 is 0. The number of aryl methyl sites for hydroxylation is 2. The molecule has 1 saturated heterocycles. The number of pyridine rings is 1. The molecule has 5 heteroatoms. The van der Waals surface area contributed by atoms with Crippen molar-refractivity contribution in [2.45, 2.75) is 26.5 Å². The number of aliphatic hydroxyl groups is 2. The third-order valence-corrected chi connectivity index (χ3v) is 3.32. The van der Waals surface area contributed by atoms with Crippen LogP contribution in [0.4, 0.5) is 5.82 Å². The Morgan fingerprint density at radius 3 is 2.89 bits per heavy atom. The highest BCUT2D eigenvalue weighted by molar-refractivity contribution is 5.52. The molecule has 1 atom stereocenters. The molecular weight excluding hydrogens is 232 g/mol. The molecule has 18 heavy (non-hydrogen) atoms. The van der Waals surface area contributed by atoms with Crippen LogP contribution in [0.2, 0.25) is 0 Å². The van der Waals surface area contributed by atoms with E-state index in [0.29, 0.717) is 19.8 Å². The standard InChI is InChI=1S/C13H20N2O3/c1-9-5-10(2)14-13(12(9)7-17)15-3-4-18-8-11(15)6-16/h5,11,16-17H,3-4,6-8H2,1-2H3. The third-order valence-electron chi connectivity index (χ3n) is 3.32. The first kappa shape index (κ1) is 13.3. The number of ether oxygens (including phenoxy) is 1. The minimum Gasteiger partial charge on any atom is -0.394 e. The Balaban J connectivity index is 2.41. The van der Waals surface area contributed by atoms with Gasteiger partial charge in [-0.05, 0) is 25.5 Å². The molecule has 0 aromatic carbocycles. The van der Waals surface area contributed by atoms with Gasteiger partial charge in [0.15, 0.2) is 0 Å². The Bertz CT molecular complexity index is 423. The van der Waals surface area contributed by atoms with E-state index in [0.717, 1.165) is 22.6 Å². The lowest BCUT2D eigenvalue weighted by Gasteiger charge is -2.36. The molecule has 2 N–H and O–H groups in total. The molecule has 5 nitrogen and oxygen atoms in total. The quantitative estimate of drug-likeness (QED) is 0.814. The lowest BCUT2D eigenvalue weighted by atomic mass is 10.1. The molecule has 2 rings (SSSR count). The maximum absolute atomic E-state index is 9.52. The van der Waals surface area contributed by atoms with E-state index in [1.165, 1.54) is 0 Å². The van der Waals surface area contributed by atoms with Crippen molar-refractivity contribution in [1.82, 2.24) is 4.98 Å². The van der Waals surface area contributed by atoms with Gasteiger partial charge in [-0.15, -0.1) is 0 Å². The fourth-order valence-electron chi connectivity index (χ4n) is 2.36. The molecule has 1 unspecified atom stereocenters. The molecule has 1 aliphatic heterocycles. The first-order chi connectivity index (χ1) is 8.67. The van der Waals surface area contributed by atoms with Crippen molar-refractivity contribution >= 4 is 5.82 Å². The highest BCUT2D eigenvalue weighted by Gasteiger charge is 2.26. The minimum absolute atomic E-state index is 0.0273. The van der Waals surface area contributed by atoms with E-state index in [9.17, 15) is 10.2 Å². The Morgan fingerprint density at radius 1 is 1.44 bits per heavy atom. The average Bonchev–Trinajstić information content (AvgIpc) is 2.38. The van der Waals surface area contributed by atoms with Gasteiger partial charge in [0, 0.05) is 17.8 Å². The van der Waals surface area contributed by atoms with Crippen molar-refractivity contribution in [3.05, 3.63) is 22.9 Å². The van der Waals surface area contributed by atoms with Crippen molar-refractivity contribution in [3.8, 4) is 0 Å². The molecule has 0 spiro atoms. The Kier molecular flexibility index (Phi) is 4.16. The van der Waals surface area contributed by atoms with E-state index >= 15 is 0 Å². The predicted octanol–water partition coefficient (Wildman–Crippen LogP) is 0.388. The number of aliphatic hydroxyl groups excluding tert-OH is 2. The zero-order chi connectivity index (χ0) is 13.1. The summed E-state index contributed by atoms with van der Waals surface area (Å²) in [5.41, 5.74) is 2.78. The van der Waals surface area contributed by atoms with Crippen LogP contribution >= 0.6 is 0 Å². The number of hydrogen-bond donors (Lipinski definition) is 2. The van der Waals surface area contributed by atoms with Gasteiger partial charge in [-0.1, -0.05) is 0 Å². The van der Waals surface area contributed by atoms with Crippen LogP contribution in [0.3, 0.4) is 0 Å². The number of aromatic nitrogens is 1. The van der Waals surface area contributed by atoms with Crippen molar-refractivity contribution in [3.63, 3.8) is 0 Å². The van der Waals surface area contributed by atoms with Gasteiger partial charge in [0.2, 0.25) is 0 Å². The normalized spacial score (nSPS) is 20.2. The molecule has 0 radical (unpaired) electrons. The highest BCUT2D eigenvalue weighted by Crippen LogP contribution is 2.25.